The Kier molecular flexibility index (Phi) is 4.62. The third-order valence-electron chi connectivity index (χ3n) is 2.77. The minimum atomic E-state index is 0.264. The Morgan fingerprint density at radius 2 is 2.21 bits per heavy atom. The summed E-state index contributed by atoms with van der Waals surface area (Å²) in [7, 11) is 0. The second-order valence-corrected chi connectivity index (χ2v) is 4.85. The highest BCUT2D eigenvalue weighted by molar-refractivity contribution is 4.95. The van der Waals surface area contributed by atoms with E-state index in [4.69, 9.17) is 10.3 Å². The fourth-order valence-corrected chi connectivity index (χ4v) is 1.69. The first-order valence-corrected chi connectivity index (χ1v) is 6.60. The van der Waals surface area contributed by atoms with Crippen molar-refractivity contribution < 1.29 is 4.52 Å². The average molecular weight is 264 g/mol. The molecule has 0 amide bonds. The predicted molar refractivity (Wildman–Crippen MR) is 69.5 cm³/mol. The first-order chi connectivity index (χ1) is 9.19. The fourth-order valence-electron chi connectivity index (χ4n) is 1.69. The van der Waals surface area contributed by atoms with Crippen LogP contribution >= 0.6 is 0 Å². The first kappa shape index (κ1) is 13.7. The number of nitrogens with zero attached hydrogens (tertiary/aromatic N) is 5. The standard InChI is InChI=1S/C12H20N6O/c1-9(2)12-14-11(19-16-12)8-18-7-10(15-17-18)5-3-4-6-13/h7,9H,3-6,8,13H2,1-2H3. The molecule has 0 aromatic carbocycles. The number of nitrogens with two attached hydrogens (primary N) is 1. The zero-order chi connectivity index (χ0) is 13.7. The summed E-state index contributed by atoms with van der Waals surface area (Å²) < 4.78 is 6.89. The molecule has 2 rings (SSSR count). The number of hydrogen-bond donors (Lipinski definition) is 1. The monoisotopic (exact) mass is 264 g/mol. The highest BCUT2D eigenvalue weighted by atomic mass is 16.5. The molecule has 0 radical (unpaired) electrons. The maximum Gasteiger partial charge on any atom is 0.248 e. The maximum absolute atomic E-state index is 5.46. The van der Waals surface area contributed by atoms with Crippen LogP contribution in [0.5, 0.6) is 0 Å². The molecule has 7 nitrogen and oxygen atoms in total. The van der Waals surface area contributed by atoms with Crippen LogP contribution < -0.4 is 5.73 Å². The van der Waals surface area contributed by atoms with Gasteiger partial charge in [0.1, 0.15) is 6.54 Å². The van der Waals surface area contributed by atoms with E-state index in [0.717, 1.165) is 30.8 Å². The van der Waals surface area contributed by atoms with Gasteiger partial charge in [-0.15, -0.1) is 5.10 Å². The van der Waals surface area contributed by atoms with Gasteiger partial charge in [0.2, 0.25) is 5.89 Å². The molecule has 7 heteroatoms. The SMILES string of the molecule is CC(C)c1noc(Cn2cc(CCCCN)nn2)n1. The van der Waals surface area contributed by atoms with Gasteiger partial charge in [-0.3, -0.25) is 0 Å². The van der Waals surface area contributed by atoms with E-state index in [9.17, 15) is 0 Å². The van der Waals surface area contributed by atoms with Crippen molar-refractivity contribution in [1.82, 2.24) is 25.1 Å². The Hall–Kier alpha value is -1.76. The Morgan fingerprint density at radius 1 is 1.37 bits per heavy atom. The summed E-state index contributed by atoms with van der Waals surface area (Å²) in [5, 5.41) is 12.1. The van der Waals surface area contributed by atoms with Crippen molar-refractivity contribution in [2.24, 2.45) is 5.73 Å². The highest BCUT2D eigenvalue weighted by Gasteiger charge is 2.10. The Morgan fingerprint density at radius 3 is 2.89 bits per heavy atom. The van der Waals surface area contributed by atoms with Crippen molar-refractivity contribution in [1.29, 1.82) is 0 Å². The van der Waals surface area contributed by atoms with E-state index in [1.807, 2.05) is 20.0 Å². The third kappa shape index (κ3) is 3.85. The van der Waals surface area contributed by atoms with Crippen molar-refractivity contribution in [3.8, 4) is 0 Å². The van der Waals surface area contributed by atoms with Crippen LogP contribution in [-0.2, 0) is 13.0 Å². The molecule has 0 unspecified atom stereocenters. The van der Waals surface area contributed by atoms with Crippen LogP contribution in [0.1, 0.15) is 50.0 Å². The largest absolute Gasteiger partial charge is 0.337 e. The number of unbranched alkanes of at least 4 members (excludes halogenated alkanes) is 1. The number of aryl methyl sites for hydroxylation is 1. The summed E-state index contributed by atoms with van der Waals surface area (Å²) in [4.78, 5) is 4.31. The molecule has 0 atom stereocenters. The Bertz CT molecular complexity index is 504. The molecule has 2 aromatic rings. The average Bonchev–Trinajstić information content (AvgIpc) is 3.00. The lowest BCUT2D eigenvalue weighted by molar-refractivity contribution is 0.358. The summed E-state index contributed by atoms with van der Waals surface area (Å²) in [6, 6.07) is 0. The lowest BCUT2D eigenvalue weighted by Crippen LogP contribution is -2.01. The van der Waals surface area contributed by atoms with Crippen LogP contribution in [0.4, 0.5) is 0 Å². The molecule has 0 aliphatic carbocycles. The van der Waals surface area contributed by atoms with Crippen LogP contribution in [0.3, 0.4) is 0 Å². The zero-order valence-corrected chi connectivity index (χ0v) is 11.4. The molecule has 2 aromatic heterocycles. The Labute approximate surface area is 112 Å². The van der Waals surface area contributed by atoms with Crippen molar-refractivity contribution in [3.63, 3.8) is 0 Å². The van der Waals surface area contributed by atoms with E-state index in [-0.39, 0.29) is 5.92 Å². The van der Waals surface area contributed by atoms with Gasteiger partial charge in [-0.25, -0.2) is 4.68 Å². The molecule has 2 N–H and O–H groups in total. The molecule has 0 aliphatic rings. The van der Waals surface area contributed by atoms with Gasteiger partial charge in [-0.1, -0.05) is 24.2 Å². The van der Waals surface area contributed by atoms with Gasteiger partial charge in [-0.05, 0) is 25.8 Å². The molecule has 0 spiro atoms. The van der Waals surface area contributed by atoms with E-state index in [1.54, 1.807) is 4.68 Å². The quantitative estimate of drug-likeness (QED) is 0.753. The smallest absolute Gasteiger partial charge is 0.248 e. The van der Waals surface area contributed by atoms with Crippen molar-refractivity contribution in [2.45, 2.75) is 45.6 Å². The van der Waals surface area contributed by atoms with Gasteiger partial charge in [0, 0.05) is 12.1 Å². The highest BCUT2D eigenvalue weighted by Crippen LogP contribution is 2.10. The van der Waals surface area contributed by atoms with Gasteiger partial charge in [0.15, 0.2) is 5.82 Å². The summed E-state index contributed by atoms with van der Waals surface area (Å²) >= 11 is 0. The van der Waals surface area contributed by atoms with Gasteiger partial charge in [0.05, 0.1) is 5.69 Å². The van der Waals surface area contributed by atoms with Crippen LogP contribution in [0, 0.1) is 0 Å². The van der Waals surface area contributed by atoms with Crippen LogP contribution in [0.25, 0.3) is 0 Å². The van der Waals surface area contributed by atoms with E-state index in [0.29, 0.717) is 19.0 Å². The molecular weight excluding hydrogens is 244 g/mol. The van der Waals surface area contributed by atoms with Crippen molar-refractivity contribution in [2.75, 3.05) is 6.54 Å². The Balaban J connectivity index is 1.91. The van der Waals surface area contributed by atoms with Crippen LogP contribution in [0.15, 0.2) is 10.7 Å². The fraction of sp³-hybridized carbons (Fsp3) is 0.667. The van der Waals surface area contributed by atoms with E-state index < -0.39 is 0 Å². The summed E-state index contributed by atoms with van der Waals surface area (Å²) in [5.74, 6) is 1.54. The van der Waals surface area contributed by atoms with Gasteiger partial charge in [0.25, 0.3) is 0 Å². The lowest BCUT2D eigenvalue weighted by Gasteiger charge is -1.94. The van der Waals surface area contributed by atoms with Crippen LogP contribution in [-0.4, -0.2) is 31.7 Å². The molecule has 2 heterocycles. The molecule has 0 saturated carbocycles. The number of hydrogen-bond acceptors (Lipinski definition) is 6. The van der Waals surface area contributed by atoms with E-state index in [1.165, 1.54) is 0 Å². The van der Waals surface area contributed by atoms with E-state index in [2.05, 4.69) is 20.5 Å². The second kappa shape index (κ2) is 6.42. The van der Waals surface area contributed by atoms with Crippen molar-refractivity contribution in [3.05, 3.63) is 23.6 Å². The molecule has 0 bridgehead atoms. The topological polar surface area (TPSA) is 95.7 Å². The summed E-state index contributed by atoms with van der Waals surface area (Å²) in [6.45, 7) is 5.23. The first-order valence-electron chi connectivity index (χ1n) is 6.60. The molecule has 0 saturated heterocycles. The molecule has 19 heavy (non-hydrogen) atoms. The molecule has 104 valence electrons. The third-order valence-corrected chi connectivity index (χ3v) is 2.77. The molecule has 0 aliphatic heterocycles. The molecular formula is C12H20N6O. The molecule has 0 fully saturated rings. The number of aromatic nitrogens is 5. The minimum Gasteiger partial charge on any atom is -0.337 e. The van der Waals surface area contributed by atoms with Crippen molar-refractivity contribution >= 4 is 0 Å². The van der Waals surface area contributed by atoms with Gasteiger partial charge in [-0.2, -0.15) is 4.98 Å². The summed E-state index contributed by atoms with van der Waals surface area (Å²) in [5.41, 5.74) is 6.43. The summed E-state index contributed by atoms with van der Waals surface area (Å²) in [6.07, 6.45) is 4.86. The van der Waals surface area contributed by atoms with Gasteiger partial charge < -0.3 is 10.3 Å². The maximum atomic E-state index is 5.46. The van der Waals surface area contributed by atoms with E-state index >= 15 is 0 Å². The normalized spacial score (nSPS) is 11.4. The second-order valence-electron chi connectivity index (χ2n) is 4.85. The zero-order valence-electron chi connectivity index (χ0n) is 11.4. The van der Waals surface area contributed by atoms with Crippen LogP contribution in [0.2, 0.25) is 0 Å². The number of rotatable bonds is 7. The predicted octanol–water partition coefficient (Wildman–Crippen LogP) is 1.11. The lowest BCUT2D eigenvalue weighted by atomic mass is 10.2. The van der Waals surface area contributed by atoms with Gasteiger partial charge >= 0.3 is 0 Å². The minimum absolute atomic E-state index is 0.264.